The number of hydrogen-bond donors (Lipinski definition) is 1. The molecule has 0 aliphatic carbocycles. The number of thiophene rings is 1. The fraction of sp³-hybridized carbons (Fsp3) is 0.278. The molecule has 0 radical (unpaired) electrons. The first-order valence-corrected chi connectivity index (χ1v) is 9.10. The van der Waals surface area contributed by atoms with E-state index in [0.29, 0.717) is 24.5 Å². The molecule has 1 aliphatic rings. The number of nitrogens with one attached hydrogen (secondary N) is 1. The maximum absolute atomic E-state index is 13.1. The summed E-state index contributed by atoms with van der Waals surface area (Å²) in [7, 11) is 0. The average molecular weight is 372 g/mol. The number of rotatable bonds is 3. The Kier molecular flexibility index (Phi) is 4.20. The summed E-state index contributed by atoms with van der Waals surface area (Å²) in [6.07, 6.45) is 0. The number of fused-ring (bicyclic) bond motifs is 1. The quantitative estimate of drug-likeness (QED) is 0.766. The van der Waals surface area contributed by atoms with Crippen molar-refractivity contribution in [2.45, 2.75) is 13.5 Å². The largest absolute Gasteiger partial charge is 0.353 e. The lowest BCUT2D eigenvalue weighted by Gasteiger charge is -2.26. The lowest BCUT2D eigenvalue weighted by atomic mass is 10.2. The third-order valence-corrected chi connectivity index (χ3v) is 5.53. The lowest BCUT2D eigenvalue weighted by Crippen LogP contribution is -2.49. The van der Waals surface area contributed by atoms with Crippen molar-refractivity contribution < 1.29 is 14.0 Å². The summed E-state index contributed by atoms with van der Waals surface area (Å²) in [6.45, 7) is 3.49. The topological polar surface area (TPSA) is 67.2 Å². The first-order chi connectivity index (χ1) is 12.5. The van der Waals surface area contributed by atoms with Crippen LogP contribution in [0.15, 0.2) is 30.3 Å². The number of carbonyl (C=O) groups excluding carboxylic acids is 2. The van der Waals surface area contributed by atoms with Gasteiger partial charge in [-0.05, 0) is 30.7 Å². The second-order valence-corrected chi connectivity index (χ2v) is 7.31. The van der Waals surface area contributed by atoms with Gasteiger partial charge in [-0.1, -0.05) is 12.1 Å². The number of aryl methyl sites for hydroxylation is 1. The van der Waals surface area contributed by atoms with Crippen molar-refractivity contribution in [2.24, 2.45) is 0 Å². The summed E-state index contributed by atoms with van der Waals surface area (Å²) in [4.78, 5) is 27.3. The number of nitrogens with zero attached hydrogens (tertiary/aromatic N) is 3. The maximum atomic E-state index is 13.1. The first-order valence-electron chi connectivity index (χ1n) is 8.28. The zero-order valence-corrected chi connectivity index (χ0v) is 15.0. The molecule has 3 aromatic rings. The highest BCUT2D eigenvalue weighted by Gasteiger charge is 2.25. The minimum atomic E-state index is -0.273. The van der Waals surface area contributed by atoms with Crippen molar-refractivity contribution in [1.82, 2.24) is 20.0 Å². The molecule has 2 aromatic heterocycles. The Balaban J connectivity index is 1.63. The standard InChI is InChI=1S/C18H17FN4O2S/c1-11-14-8-15(17(25)22-7-6-20-16(24)10-22)26-18(14)23(21-11)9-12-2-4-13(19)5-3-12/h2-5,8H,6-7,9-10H2,1H3,(H,20,24). The Morgan fingerprint density at radius 1 is 1.35 bits per heavy atom. The van der Waals surface area contributed by atoms with E-state index in [4.69, 9.17) is 0 Å². The molecule has 0 unspecified atom stereocenters. The molecule has 0 spiro atoms. The van der Waals surface area contributed by atoms with Gasteiger partial charge in [-0.15, -0.1) is 11.3 Å². The number of halogens is 1. The van der Waals surface area contributed by atoms with Crippen molar-refractivity contribution in [2.75, 3.05) is 19.6 Å². The van der Waals surface area contributed by atoms with Gasteiger partial charge in [0, 0.05) is 18.5 Å². The van der Waals surface area contributed by atoms with Crippen molar-refractivity contribution >= 4 is 33.4 Å². The van der Waals surface area contributed by atoms with E-state index in [9.17, 15) is 14.0 Å². The van der Waals surface area contributed by atoms with Gasteiger partial charge < -0.3 is 10.2 Å². The van der Waals surface area contributed by atoms with Gasteiger partial charge in [-0.25, -0.2) is 4.39 Å². The van der Waals surface area contributed by atoms with E-state index in [1.807, 2.05) is 17.7 Å². The number of carbonyl (C=O) groups is 2. The molecule has 134 valence electrons. The highest BCUT2D eigenvalue weighted by Crippen LogP contribution is 2.29. The smallest absolute Gasteiger partial charge is 0.264 e. The molecule has 0 bridgehead atoms. The first kappa shape index (κ1) is 16.7. The molecule has 4 rings (SSSR count). The SMILES string of the molecule is Cc1nn(Cc2ccc(F)cc2)c2sc(C(=O)N3CCNC(=O)C3)cc12. The molecule has 1 aliphatic heterocycles. The third-order valence-electron chi connectivity index (χ3n) is 4.39. The molecule has 1 fully saturated rings. The lowest BCUT2D eigenvalue weighted by molar-refractivity contribution is -0.123. The summed E-state index contributed by atoms with van der Waals surface area (Å²) in [5.74, 6) is -0.539. The Hall–Kier alpha value is -2.74. The average Bonchev–Trinajstić information content (AvgIpc) is 3.18. The summed E-state index contributed by atoms with van der Waals surface area (Å²) >= 11 is 1.37. The van der Waals surface area contributed by atoms with E-state index in [1.54, 1.807) is 17.0 Å². The van der Waals surface area contributed by atoms with E-state index in [2.05, 4.69) is 10.4 Å². The van der Waals surface area contributed by atoms with Crippen molar-refractivity contribution in [3.8, 4) is 0 Å². The van der Waals surface area contributed by atoms with Gasteiger partial charge in [-0.3, -0.25) is 14.3 Å². The molecule has 1 N–H and O–H groups in total. The molecule has 6 nitrogen and oxygen atoms in total. The molecule has 8 heteroatoms. The summed E-state index contributed by atoms with van der Waals surface area (Å²) in [5, 5.41) is 8.19. The molecule has 0 saturated carbocycles. The van der Waals surface area contributed by atoms with Crippen LogP contribution < -0.4 is 5.32 Å². The maximum Gasteiger partial charge on any atom is 0.264 e. The number of piperazine rings is 1. The van der Waals surface area contributed by atoms with Crippen LogP contribution in [0.25, 0.3) is 10.2 Å². The van der Waals surface area contributed by atoms with Crippen LogP contribution in [0, 0.1) is 12.7 Å². The molecule has 1 aromatic carbocycles. The summed E-state index contributed by atoms with van der Waals surface area (Å²) < 4.78 is 14.9. The van der Waals surface area contributed by atoms with Crippen LogP contribution in [0.5, 0.6) is 0 Å². The van der Waals surface area contributed by atoms with Crippen LogP contribution in [0.3, 0.4) is 0 Å². The van der Waals surface area contributed by atoms with Crippen LogP contribution in [-0.4, -0.2) is 46.1 Å². The van der Waals surface area contributed by atoms with Crippen molar-refractivity contribution in [1.29, 1.82) is 0 Å². The van der Waals surface area contributed by atoms with Crippen LogP contribution in [0.4, 0.5) is 4.39 Å². The molecular weight excluding hydrogens is 355 g/mol. The Bertz CT molecular complexity index is 993. The minimum absolute atomic E-state index is 0.0910. The second-order valence-electron chi connectivity index (χ2n) is 6.28. The number of aromatic nitrogens is 2. The molecule has 0 atom stereocenters. The van der Waals surface area contributed by atoms with Crippen LogP contribution in [-0.2, 0) is 11.3 Å². The van der Waals surface area contributed by atoms with Crippen LogP contribution in [0.2, 0.25) is 0 Å². The van der Waals surface area contributed by atoms with Crippen LogP contribution >= 0.6 is 11.3 Å². The normalized spacial score (nSPS) is 14.7. The highest BCUT2D eigenvalue weighted by atomic mass is 32.1. The Morgan fingerprint density at radius 3 is 2.85 bits per heavy atom. The van der Waals surface area contributed by atoms with Gasteiger partial charge in [0.25, 0.3) is 5.91 Å². The number of amides is 2. The van der Waals surface area contributed by atoms with E-state index in [-0.39, 0.29) is 24.2 Å². The van der Waals surface area contributed by atoms with E-state index in [1.165, 1.54) is 23.5 Å². The van der Waals surface area contributed by atoms with Gasteiger partial charge in [0.05, 0.1) is 23.7 Å². The van der Waals surface area contributed by atoms with Gasteiger partial charge in [0.15, 0.2) is 0 Å². The predicted octanol–water partition coefficient (Wildman–Crippen LogP) is 2.17. The fourth-order valence-electron chi connectivity index (χ4n) is 3.06. The zero-order chi connectivity index (χ0) is 18.3. The second kappa shape index (κ2) is 6.53. The van der Waals surface area contributed by atoms with Gasteiger partial charge in [0.2, 0.25) is 5.91 Å². The molecule has 3 heterocycles. The zero-order valence-electron chi connectivity index (χ0n) is 14.2. The minimum Gasteiger partial charge on any atom is -0.353 e. The Morgan fingerprint density at radius 2 is 2.12 bits per heavy atom. The van der Waals surface area contributed by atoms with Gasteiger partial charge in [-0.2, -0.15) is 5.10 Å². The fourth-order valence-corrected chi connectivity index (χ4v) is 4.18. The number of benzene rings is 1. The third kappa shape index (κ3) is 3.08. The molecule has 26 heavy (non-hydrogen) atoms. The Labute approximate surface area is 153 Å². The van der Waals surface area contributed by atoms with Crippen LogP contribution in [0.1, 0.15) is 20.9 Å². The molecule has 2 amide bonds. The van der Waals surface area contributed by atoms with Crippen molar-refractivity contribution in [3.05, 3.63) is 52.3 Å². The van der Waals surface area contributed by atoms with Crippen molar-refractivity contribution in [3.63, 3.8) is 0 Å². The highest BCUT2D eigenvalue weighted by molar-refractivity contribution is 7.20. The monoisotopic (exact) mass is 372 g/mol. The van der Waals surface area contributed by atoms with E-state index >= 15 is 0 Å². The van der Waals surface area contributed by atoms with E-state index in [0.717, 1.165) is 21.5 Å². The number of hydrogen-bond acceptors (Lipinski definition) is 4. The predicted molar refractivity (Wildman–Crippen MR) is 96.8 cm³/mol. The summed E-state index contributed by atoms with van der Waals surface area (Å²) in [5.41, 5.74) is 1.78. The van der Waals surface area contributed by atoms with Gasteiger partial charge in [0.1, 0.15) is 10.6 Å². The van der Waals surface area contributed by atoms with Gasteiger partial charge >= 0.3 is 0 Å². The molecular formula is C18H17FN4O2S. The van der Waals surface area contributed by atoms with E-state index < -0.39 is 0 Å². The summed E-state index contributed by atoms with van der Waals surface area (Å²) in [6, 6.07) is 8.15. The molecule has 1 saturated heterocycles.